The molecule has 28 heavy (non-hydrogen) atoms. The Kier molecular flexibility index (Phi) is 4.59. The summed E-state index contributed by atoms with van der Waals surface area (Å²) in [5.74, 6) is -0.889. The Balaban J connectivity index is 1.50. The summed E-state index contributed by atoms with van der Waals surface area (Å²) in [4.78, 5) is 28.5. The number of carbonyl (C=O) groups excluding carboxylic acids is 2. The molecule has 8 nitrogen and oxygen atoms in total. The molecule has 2 heterocycles. The molecule has 1 aliphatic rings. The number of para-hydroxylation sites is 1. The van der Waals surface area contributed by atoms with Crippen LogP contribution in [0.5, 0.6) is 0 Å². The molecule has 2 amide bonds. The number of rotatable bonds is 5. The molecule has 1 aliphatic heterocycles. The molecule has 0 spiro atoms. The number of nitrogens with zero attached hydrogens (tertiary/aromatic N) is 4. The Morgan fingerprint density at radius 3 is 2.43 bits per heavy atom. The summed E-state index contributed by atoms with van der Waals surface area (Å²) in [6.07, 6.45) is 5.39. The van der Waals surface area contributed by atoms with Crippen LogP contribution in [0.2, 0.25) is 0 Å². The predicted molar refractivity (Wildman–Crippen MR) is 106 cm³/mol. The van der Waals surface area contributed by atoms with Gasteiger partial charge in [-0.1, -0.05) is 18.2 Å². The predicted octanol–water partition coefficient (Wildman–Crippen LogP) is 1.93. The van der Waals surface area contributed by atoms with Crippen LogP contribution in [-0.2, 0) is 9.59 Å². The second-order valence-corrected chi connectivity index (χ2v) is 6.32. The second-order valence-electron chi connectivity index (χ2n) is 6.32. The van der Waals surface area contributed by atoms with Gasteiger partial charge in [-0.15, -0.1) is 0 Å². The van der Waals surface area contributed by atoms with Crippen LogP contribution < -0.4 is 16.1 Å². The average Bonchev–Trinajstić information content (AvgIpc) is 3.39. The number of hydrogen-bond donors (Lipinski definition) is 2. The summed E-state index contributed by atoms with van der Waals surface area (Å²) in [6.45, 7) is 0. The van der Waals surface area contributed by atoms with E-state index in [1.807, 2.05) is 53.2 Å². The standard InChI is InChI=1S/C20H18N6O2/c21-19(27)18-12-17(24-26(18)16-4-2-1-3-5-16)20(28)23-14-6-8-15(9-7-14)25-11-10-22-13-25/h1-11,13,18H,12H2,(H2,21,27)(H,23,28). The van der Waals surface area contributed by atoms with E-state index in [-0.39, 0.29) is 18.0 Å². The first kappa shape index (κ1) is 17.5. The van der Waals surface area contributed by atoms with E-state index in [9.17, 15) is 9.59 Å². The van der Waals surface area contributed by atoms with Crippen LogP contribution in [0.3, 0.4) is 0 Å². The first-order valence-corrected chi connectivity index (χ1v) is 8.72. The third-order valence-electron chi connectivity index (χ3n) is 4.45. The Hall–Kier alpha value is -3.94. The van der Waals surface area contributed by atoms with E-state index < -0.39 is 11.9 Å². The van der Waals surface area contributed by atoms with Crippen LogP contribution in [0.15, 0.2) is 78.4 Å². The topological polar surface area (TPSA) is 106 Å². The number of benzene rings is 2. The minimum absolute atomic E-state index is 0.156. The summed E-state index contributed by atoms with van der Waals surface area (Å²) in [5, 5.41) is 8.65. The Labute approximate surface area is 161 Å². The maximum Gasteiger partial charge on any atom is 0.271 e. The Morgan fingerprint density at radius 1 is 1.04 bits per heavy atom. The van der Waals surface area contributed by atoms with E-state index in [0.29, 0.717) is 11.4 Å². The number of primary amides is 1. The van der Waals surface area contributed by atoms with E-state index in [0.717, 1.165) is 5.69 Å². The van der Waals surface area contributed by atoms with E-state index in [2.05, 4.69) is 15.4 Å². The number of aromatic nitrogens is 2. The summed E-state index contributed by atoms with van der Waals surface area (Å²) < 4.78 is 1.86. The smallest absolute Gasteiger partial charge is 0.271 e. The highest BCUT2D eigenvalue weighted by atomic mass is 16.2. The number of nitrogens with one attached hydrogen (secondary N) is 1. The molecule has 0 radical (unpaired) electrons. The van der Waals surface area contributed by atoms with Gasteiger partial charge in [0, 0.05) is 30.2 Å². The van der Waals surface area contributed by atoms with Crippen LogP contribution in [0.4, 0.5) is 11.4 Å². The van der Waals surface area contributed by atoms with E-state index in [1.54, 1.807) is 24.7 Å². The van der Waals surface area contributed by atoms with Gasteiger partial charge in [-0.25, -0.2) is 4.98 Å². The number of hydrazone groups is 1. The number of carbonyl (C=O) groups is 2. The average molecular weight is 374 g/mol. The van der Waals surface area contributed by atoms with Crippen LogP contribution >= 0.6 is 0 Å². The highest BCUT2D eigenvalue weighted by Crippen LogP contribution is 2.25. The molecule has 3 N–H and O–H groups in total. The van der Waals surface area contributed by atoms with Crippen molar-refractivity contribution in [2.24, 2.45) is 10.8 Å². The van der Waals surface area contributed by atoms with Crippen molar-refractivity contribution in [2.75, 3.05) is 10.3 Å². The molecule has 0 fully saturated rings. The normalized spacial score (nSPS) is 15.9. The Morgan fingerprint density at radius 2 is 1.79 bits per heavy atom. The van der Waals surface area contributed by atoms with Gasteiger partial charge < -0.3 is 15.6 Å². The Bertz CT molecular complexity index is 1010. The summed E-state index contributed by atoms with van der Waals surface area (Å²) in [5.41, 5.74) is 8.03. The lowest BCUT2D eigenvalue weighted by Crippen LogP contribution is -2.39. The van der Waals surface area contributed by atoms with Crippen LogP contribution in [0, 0.1) is 0 Å². The van der Waals surface area contributed by atoms with Gasteiger partial charge in [-0.3, -0.25) is 14.6 Å². The molecule has 8 heteroatoms. The molecule has 0 bridgehead atoms. The van der Waals surface area contributed by atoms with Gasteiger partial charge in [0.05, 0.1) is 12.0 Å². The molecular weight excluding hydrogens is 356 g/mol. The lowest BCUT2D eigenvalue weighted by Gasteiger charge is -2.20. The van der Waals surface area contributed by atoms with Crippen LogP contribution in [0.25, 0.3) is 5.69 Å². The minimum atomic E-state index is -0.688. The quantitative estimate of drug-likeness (QED) is 0.712. The molecule has 1 atom stereocenters. The molecule has 0 aliphatic carbocycles. The van der Waals surface area contributed by atoms with Crippen molar-refractivity contribution in [3.8, 4) is 5.69 Å². The fraction of sp³-hybridized carbons (Fsp3) is 0.100. The highest BCUT2D eigenvalue weighted by Gasteiger charge is 2.34. The van der Waals surface area contributed by atoms with Gasteiger partial charge in [0.2, 0.25) is 5.91 Å². The van der Waals surface area contributed by atoms with Gasteiger partial charge in [-0.2, -0.15) is 5.10 Å². The third kappa shape index (κ3) is 3.48. The van der Waals surface area contributed by atoms with Crippen molar-refractivity contribution in [1.82, 2.24) is 9.55 Å². The monoisotopic (exact) mass is 374 g/mol. The third-order valence-corrected chi connectivity index (χ3v) is 4.45. The number of nitrogens with two attached hydrogens (primary N) is 1. The van der Waals surface area contributed by atoms with Crippen molar-refractivity contribution in [3.05, 3.63) is 73.3 Å². The molecule has 140 valence electrons. The van der Waals surface area contributed by atoms with Crippen molar-refractivity contribution in [1.29, 1.82) is 0 Å². The summed E-state index contributed by atoms with van der Waals surface area (Å²) in [7, 11) is 0. The van der Waals surface area contributed by atoms with Gasteiger partial charge in [0.15, 0.2) is 0 Å². The summed E-state index contributed by atoms with van der Waals surface area (Å²) in [6, 6.07) is 15.8. The van der Waals surface area contributed by atoms with E-state index >= 15 is 0 Å². The van der Waals surface area contributed by atoms with Crippen molar-refractivity contribution in [3.63, 3.8) is 0 Å². The van der Waals surface area contributed by atoms with Gasteiger partial charge in [0.25, 0.3) is 5.91 Å². The zero-order valence-electron chi connectivity index (χ0n) is 14.9. The second kappa shape index (κ2) is 7.36. The first-order chi connectivity index (χ1) is 13.6. The van der Waals surface area contributed by atoms with E-state index in [4.69, 9.17) is 5.73 Å². The molecular formula is C20H18N6O2. The van der Waals surface area contributed by atoms with Gasteiger partial charge in [-0.05, 0) is 36.4 Å². The molecule has 1 aromatic heterocycles. The maximum atomic E-state index is 12.6. The number of imidazole rings is 1. The van der Waals surface area contributed by atoms with Crippen molar-refractivity contribution < 1.29 is 9.59 Å². The molecule has 1 unspecified atom stereocenters. The number of hydrogen-bond acceptors (Lipinski definition) is 5. The van der Waals surface area contributed by atoms with Gasteiger partial charge in [0.1, 0.15) is 11.8 Å². The van der Waals surface area contributed by atoms with E-state index in [1.165, 1.54) is 5.01 Å². The summed E-state index contributed by atoms with van der Waals surface area (Å²) >= 11 is 0. The highest BCUT2D eigenvalue weighted by molar-refractivity contribution is 6.44. The van der Waals surface area contributed by atoms with Crippen LogP contribution in [-0.4, -0.2) is 33.1 Å². The zero-order valence-corrected chi connectivity index (χ0v) is 14.9. The lowest BCUT2D eigenvalue weighted by atomic mass is 10.1. The maximum absolute atomic E-state index is 12.6. The molecule has 2 aromatic carbocycles. The minimum Gasteiger partial charge on any atom is -0.368 e. The SMILES string of the molecule is NC(=O)C1CC(C(=O)Nc2ccc(-n3ccnc3)cc2)=NN1c1ccccc1. The molecule has 3 aromatic rings. The number of amides is 2. The molecule has 4 rings (SSSR count). The fourth-order valence-corrected chi connectivity index (χ4v) is 3.02. The molecule has 0 saturated heterocycles. The van der Waals surface area contributed by atoms with Crippen molar-refractivity contribution in [2.45, 2.75) is 12.5 Å². The largest absolute Gasteiger partial charge is 0.368 e. The van der Waals surface area contributed by atoms with Crippen molar-refractivity contribution >= 4 is 28.9 Å². The fourth-order valence-electron chi connectivity index (χ4n) is 3.02. The first-order valence-electron chi connectivity index (χ1n) is 8.72. The van der Waals surface area contributed by atoms with Gasteiger partial charge >= 0.3 is 0 Å². The van der Waals surface area contributed by atoms with Crippen LogP contribution in [0.1, 0.15) is 6.42 Å². The zero-order chi connectivity index (χ0) is 19.5. The lowest BCUT2D eigenvalue weighted by molar-refractivity contribution is -0.119. The number of anilines is 2. The molecule has 0 saturated carbocycles.